The minimum atomic E-state index is -0.749. The molecule has 0 amide bonds. The number of carboxylic acid groups (broad SMARTS) is 1. The summed E-state index contributed by atoms with van der Waals surface area (Å²) in [5.41, 5.74) is 9.78. The van der Waals surface area contributed by atoms with Crippen molar-refractivity contribution in [1.29, 1.82) is 0 Å². The number of ketones is 1. The third-order valence-electron chi connectivity index (χ3n) is 8.79. The molecule has 8 rings (SSSR count). The van der Waals surface area contributed by atoms with Crippen LogP contribution in [0.25, 0.3) is 0 Å². The first-order valence-corrected chi connectivity index (χ1v) is 16.6. The number of hydrogen-bond acceptors (Lipinski definition) is 9. The lowest BCUT2D eigenvalue weighted by molar-refractivity contribution is -0.140. The number of nitrogens with two attached hydrogens (primary N) is 1. The Balaban J connectivity index is 0.000000138. The van der Waals surface area contributed by atoms with Gasteiger partial charge in [0.25, 0.3) is 0 Å². The summed E-state index contributed by atoms with van der Waals surface area (Å²) in [6.45, 7) is 4.33. The molecule has 2 saturated carbocycles. The van der Waals surface area contributed by atoms with E-state index < -0.39 is 11.4 Å². The highest BCUT2D eigenvalue weighted by Crippen LogP contribution is 2.52. The van der Waals surface area contributed by atoms with Crippen LogP contribution in [0, 0.1) is 13.8 Å². The Hall–Kier alpha value is -4.16. The van der Waals surface area contributed by atoms with E-state index in [2.05, 4.69) is 41.8 Å². The highest BCUT2D eigenvalue weighted by atomic mass is 79.9. The van der Waals surface area contributed by atoms with E-state index in [0.29, 0.717) is 36.4 Å². The molecule has 2 aromatic carbocycles. The van der Waals surface area contributed by atoms with Crippen LogP contribution < -0.4 is 24.7 Å². The Morgan fingerprint density at radius 2 is 1.23 bits per heavy atom. The Morgan fingerprint density at radius 1 is 0.745 bits per heavy atom. The number of carbonyl (C=O) groups excluding carboxylic acids is 1. The minimum absolute atomic E-state index is 0.221. The lowest BCUT2D eigenvalue weighted by Gasteiger charge is -2.15. The zero-order valence-corrected chi connectivity index (χ0v) is 29.0. The zero-order chi connectivity index (χ0) is 33.3. The number of aryl methyl sites for hydroxylation is 2. The number of carboxylic acids is 1. The first kappa shape index (κ1) is 32.8. The Morgan fingerprint density at radius 3 is 1.70 bits per heavy atom. The number of fused-ring (bicyclic) bond motifs is 2. The number of anilines is 1. The van der Waals surface area contributed by atoms with Crippen molar-refractivity contribution in [3.8, 4) is 23.0 Å². The summed E-state index contributed by atoms with van der Waals surface area (Å²) < 4.78 is 23.1. The molecule has 10 nitrogen and oxygen atoms in total. The second kappa shape index (κ2) is 13.2. The molecule has 12 heteroatoms. The molecular formula is C35H33Br2N3O7. The van der Waals surface area contributed by atoms with Crippen molar-refractivity contribution in [2.24, 2.45) is 0 Å². The Labute approximate surface area is 288 Å². The third-order valence-corrected chi connectivity index (χ3v) is 10.4. The number of benzene rings is 2. The molecule has 2 aromatic heterocycles. The lowest BCUT2D eigenvalue weighted by atomic mass is 9.88. The average Bonchev–Trinajstić information content (AvgIpc) is 3.95. The number of pyridine rings is 2. The van der Waals surface area contributed by atoms with Crippen molar-refractivity contribution in [1.82, 2.24) is 9.97 Å². The van der Waals surface area contributed by atoms with Gasteiger partial charge in [-0.15, -0.1) is 0 Å². The van der Waals surface area contributed by atoms with E-state index in [4.69, 9.17) is 29.8 Å². The molecule has 0 spiro atoms. The molecule has 4 heterocycles. The number of nitrogens with zero attached hydrogens (tertiary/aromatic N) is 2. The highest BCUT2D eigenvalue weighted by molar-refractivity contribution is 9.10. The van der Waals surface area contributed by atoms with Gasteiger partial charge >= 0.3 is 5.97 Å². The monoisotopic (exact) mass is 765 g/mol. The van der Waals surface area contributed by atoms with E-state index in [-0.39, 0.29) is 24.8 Å². The summed E-state index contributed by atoms with van der Waals surface area (Å²) in [5.74, 6) is 2.33. The first-order chi connectivity index (χ1) is 22.5. The number of aliphatic carboxylic acids is 1. The fraction of sp³-hybridized carbons (Fsp3) is 0.314. The predicted octanol–water partition coefficient (Wildman–Crippen LogP) is 6.99. The number of Topliss-reactive ketones (excluding diaryl/α,β-unsaturated/α-hetero) is 1. The van der Waals surface area contributed by atoms with Gasteiger partial charge in [-0.05, 0) is 124 Å². The van der Waals surface area contributed by atoms with Gasteiger partial charge in [0.2, 0.25) is 13.6 Å². The van der Waals surface area contributed by atoms with Gasteiger partial charge in [-0.2, -0.15) is 0 Å². The molecule has 2 fully saturated rings. The smallest absolute Gasteiger partial charge is 0.314 e. The molecule has 3 N–H and O–H groups in total. The van der Waals surface area contributed by atoms with Crippen molar-refractivity contribution < 1.29 is 33.6 Å². The van der Waals surface area contributed by atoms with Gasteiger partial charge < -0.3 is 29.8 Å². The van der Waals surface area contributed by atoms with Gasteiger partial charge in [0.1, 0.15) is 5.78 Å². The van der Waals surface area contributed by atoms with E-state index in [1.54, 1.807) is 24.5 Å². The first-order valence-electron chi connectivity index (χ1n) is 15.1. The molecular weight excluding hydrogens is 734 g/mol. The minimum Gasteiger partial charge on any atom is -0.481 e. The van der Waals surface area contributed by atoms with Crippen LogP contribution in [0.5, 0.6) is 23.0 Å². The molecule has 2 aliphatic heterocycles. The Bertz CT molecular complexity index is 1860. The molecule has 0 bridgehead atoms. The number of aromatic nitrogens is 2. The van der Waals surface area contributed by atoms with E-state index in [0.717, 1.165) is 61.4 Å². The molecule has 0 unspecified atom stereocenters. The van der Waals surface area contributed by atoms with Crippen LogP contribution in [-0.4, -0.2) is 40.4 Å². The molecule has 4 aromatic rings. The standard InChI is InChI=1S/C18H16BrNO3.C11H10O4.C6H7BrN2/c1-11-14(19)6-12(9-20-11)7-17(21)18(4-5-18)13-2-3-15-16(8-13)23-10-22-15;12-10(13)11(3-4-11)7-1-2-8-9(5-7)15-6-14-8;1-4-6(7)2-5(8)3-9-4/h2-3,6,8-9H,4-5,7,10H2,1H3;1-2,5H,3-4,6H2,(H,12,13);2-3H,8H2,1H3. The third kappa shape index (κ3) is 6.94. The summed E-state index contributed by atoms with van der Waals surface area (Å²) in [5, 5.41) is 9.13. The van der Waals surface area contributed by atoms with E-state index in [9.17, 15) is 9.59 Å². The van der Waals surface area contributed by atoms with Gasteiger partial charge in [-0.1, -0.05) is 12.1 Å². The molecule has 47 heavy (non-hydrogen) atoms. The Kier molecular flexibility index (Phi) is 9.17. The SMILES string of the molecule is Cc1ncc(CC(=O)C2(c3ccc4c(c3)OCO4)CC2)cc1Br.Cc1ncc(N)cc1Br.O=C(O)C1(c2ccc3c(c2)OCO3)CC1. The highest BCUT2D eigenvalue weighted by Gasteiger charge is 2.52. The number of carbonyl (C=O) groups is 2. The van der Waals surface area contributed by atoms with Crippen LogP contribution >= 0.6 is 31.9 Å². The van der Waals surface area contributed by atoms with Crippen molar-refractivity contribution >= 4 is 49.3 Å². The molecule has 0 saturated heterocycles. The normalized spacial score (nSPS) is 16.6. The molecule has 244 valence electrons. The van der Waals surface area contributed by atoms with Crippen LogP contribution in [0.3, 0.4) is 0 Å². The molecule has 2 aliphatic carbocycles. The van der Waals surface area contributed by atoms with Crippen LogP contribution in [0.15, 0.2) is 69.9 Å². The number of ether oxygens (including phenoxy) is 4. The van der Waals surface area contributed by atoms with Crippen molar-refractivity contribution in [2.75, 3.05) is 19.3 Å². The van der Waals surface area contributed by atoms with Gasteiger partial charge in [-0.25, -0.2) is 0 Å². The van der Waals surface area contributed by atoms with Crippen molar-refractivity contribution in [2.45, 2.75) is 56.8 Å². The van der Waals surface area contributed by atoms with Gasteiger partial charge in [0, 0.05) is 21.6 Å². The van der Waals surface area contributed by atoms with E-state index in [1.165, 1.54) is 0 Å². The second-order valence-corrected chi connectivity index (χ2v) is 13.7. The number of hydrogen-bond donors (Lipinski definition) is 2. The summed E-state index contributed by atoms with van der Waals surface area (Å²) in [4.78, 5) is 32.3. The maximum Gasteiger partial charge on any atom is 0.314 e. The number of halogens is 2. The summed E-state index contributed by atoms with van der Waals surface area (Å²) in [6.07, 6.45) is 7.04. The van der Waals surface area contributed by atoms with E-state index in [1.807, 2.05) is 50.2 Å². The number of nitrogen functional groups attached to an aromatic ring is 1. The van der Waals surface area contributed by atoms with Gasteiger partial charge in [-0.3, -0.25) is 19.6 Å². The largest absolute Gasteiger partial charge is 0.481 e. The van der Waals surface area contributed by atoms with Crippen LogP contribution in [0.1, 0.15) is 53.8 Å². The van der Waals surface area contributed by atoms with Crippen molar-refractivity contribution in [3.63, 3.8) is 0 Å². The topological polar surface area (TPSA) is 143 Å². The fourth-order valence-electron chi connectivity index (χ4n) is 5.51. The van der Waals surface area contributed by atoms with Gasteiger partial charge in [0.05, 0.1) is 34.1 Å². The molecule has 0 radical (unpaired) electrons. The van der Waals surface area contributed by atoms with Gasteiger partial charge in [0.15, 0.2) is 23.0 Å². The van der Waals surface area contributed by atoms with Crippen LogP contribution in [0.4, 0.5) is 5.69 Å². The predicted molar refractivity (Wildman–Crippen MR) is 181 cm³/mol. The average molecular weight is 767 g/mol. The second-order valence-electron chi connectivity index (χ2n) is 12.0. The van der Waals surface area contributed by atoms with E-state index >= 15 is 0 Å². The summed E-state index contributed by atoms with van der Waals surface area (Å²) in [6, 6.07) is 15.0. The molecule has 4 aliphatic rings. The van der Waals surface area contributed by atoms with Crippen LogP contribution in [0.2, 0.25) is 0 Å². The summed E-state index contributed by atoms with van der Waals surface area (Å²) in [7, 11) is 0. The lowest BCUT2D eigenvalue weighted by Crippen LogP contribution is -2.22. The maximum absolute atomic E-state index is 12.9. The van der Waals surface area contributed by atoms with Crippen molar-refractivity contribution in [3.05, 3.63) is 97.9 Å². The summed E-state index contributed by atoms with van der Waals surface area (Å²) >= 11 is 6.78. The fourth-order valence-corrected chi connectivity index (χ4v) is 6.27. The number of rotatable bonds is 6. The quantitative estimate of drug-likeness (QED) is 0.211. The zero-order valence-electron chi connectivity index (χ0n) is 25.8. The van der Waals surface area contributed by atoms with Crippen LogP contribution in [-0.2, 0) is 26.8 Å². The maximum atomic E-state index is 12.9. The molecule has 0 atom stereocenters.